The molecule has 2 aromatic rings. The molecule has 0 unspecified atom stereocenters. The van der Waals surface area contributed by atoms with E-state index in [0.717, 1.165) is 25.0 Å². The molecule has 3 nitrogen and oxygen atoms in total. The summed E-state index contributed by atoms with van der Waals surface area (Å²) in [5, 5.41) is 12.0. The van der Waals surface area contributed by atoms with E-state index in [0.29, 0.717) is 5.13 Å². The van der Waals surface area contributed by atoms with Crippen LogP contribution in [0.5, 0.6) is 0 Å². The molecule has 0 spiro atoms. The average molecular weight is 277 g/mol. The zero-order valence-corrected chi connectivity index (χ0v) is 10.7. The molecule has 0 saturated heterocycles. The summed E-state index contributed by atoms with van der Waals surface area (Å²) >= 11 is 1.46. The Bertz CT molecular complexity index is 666. The maximum Gasteiger partial charge on any atom is 0.187 e. The summed E-state index contributed by atoms with van der Waals surface area (Å²) < 4.78 is 27.2. The van der Waals surface area contributed by atoms with Crippen LogP contribution in [-0.2, 0) is 12.8 Å². The standard InChI is InChI=1S/C13H9F2N3S/c14-11-7(6-16)4-5-9(12(11)15)18-13-17-8-2-1-3-10(8)19-13/h4-5H,1-3H2,(H,17,18). The van der Waals surface area contributed by atoms with E-state index < -0.39 is 11.6 Å². The van der Waals surface area contributed by atoms with Gasteiger partial charge in [-0.15, -0.1) is 11.3 Å². The molecule has 1 aromatic carbocycles. The SMILES string of the molecule is N#Cc1ccc(Nc2nc3c(s2)CCC3)c(F)c1F. The van der Waals surface area contributed by atoms with Gasteiger partial charge in [-0.25, -0.2) is 13.8 Å². The molecular formula is C13H9F2N3S. The normalized spacial score (nSPS) is 13.1. The van der Waals surface area contributed by atoms with E-state index >= 15 is 0 Å². The molecule has 1 N–H and O–H groups in total. The minimum Gasteiger partial charge on any atom is -0.329 e. The number of benzene rings is 1. The van der Waals surface area contributed by atoms with Crippen LogP contribution in [0.4, 0.5) is 19.6 Å². The molecule has 3 rings (SSSR count). The highest BCUT2D eigenvalue weighted by Gasteiger charge is 2.18. The Morgan fingerprint density at radius 1 is 1.26 bits per heavy atom. The van der Waals surface area contributed by atoms with Crippen molar-refractivity contribution in [3.8, 4) is 6.07 Å². The minimum absolute atomic E-state index is 0.00363. The number of nitrogens with one attached hydrogen (secondary N) is 1. The number of fused-ring (bicyclic) bond motifs is 1. The number of thiazole rings is 1. The largest absolute Gasteiger partial charge is 0.329 e. The number of hydrogen-bond acceptors (Lipinski definition) is 4. The quantitative estimate of drug-likeness (QED) is 0.913. The molecule has 1 aliphatic carbocycles. The second-order valence-corrected chi connectivity index (χ2v) is 5.35. The Labute approximate surface area is 112 Å². The first-order valence-corrected chi connectivity index (χ1v) is 6.64. The van der Waals surface area contributed by atoms with Gasteiger partial charge in [-0.2, -0.15) is 5.26 Å². The predicted molar refractivity (Wildman–Crippen MR) is 68.5 cm³/mol. The molecule has 1 aromatic heterocycles. The lowest BCUT2D eigenvalue weighted by Gasteiger charge is -2.05. The van der Waals surface area contributed by atoms with E-state index in [2.05, 4.69) is 10.3 Å². The van der Waals surface area contributed by atoms with Crippen LogP contribution in [0.3, 0.4) is 0 Å². The molecule has 0 bridgehead atoms. The Hall–Kier alpha value is -2.00. The van der Waals surface area contributed by atoms with Gasteiger partial charge in [0.1, 0.15) is 6.07 Å². The monoisotopic (exact) mass is 277 g/mol. The lowest BCUT2D eigenvalue weighted by atomic mass is 10.2. The number of nitriles is 1. The molecule has 0 atom stereocenters. The number of aromatic nitrogens is 1. The second-order valence-electron chi connectivity index (χ2n) is 4.27. The topological polar surface area (TPSA) is 48.7 Å². The highest BCUT2D eigenvalue weighted by atomic mass is 32.1. The molecule has 0 radical (unpaired) electrons. The molecule has 1 aliphatic rings. The first kappa shape index (κ1) is 12.1. The van der Waals surface area contributed by atoms with Gasteiger partial charge in [0.15, 0.2) is 16.8 Å². The van der Waals surface area contributed by atoms with Crippen molar-refractivity contribution in [3.63, 3.8) is 0 Å². The molecule has 96 valence electrons. The Kier molecular flexibility index (Phi) is 2.91. The van der Waals surface area contributed by atoms with E-state index in [9.17, 15) is 8.78 Å². The molecule has 0 saturated carbocycles. The fourth-order valence-corrected chi connectivity index (χ4v) is 3.15. The van der Waals surface area contributed by atoms with E-state index in [1.807, 2.05) is 0 Å². The van der Waals surface area contributed by atoms with Crippen LogP contribution in [0.25, 0.3) is 0 Å². The lowest BCUT2D eigenvalue weighted by molar-refractivity contribution is 0.509. The molecule has 6 heteroatoms. The molecule has 0 amide bonds. The van der Waals surface area contributed by atoms with Crippen molar-refractivity contribution in [1.82, 2.24) is 4.98 Å². The maximum absolute atomic E-state index is 13.7. The van der Waals surface area contributed by atoms with Gasteiger partial charge in [-0.3, -0.25) is 0 Å². The smallest absolute Gasteiger partial charge is 0.187 e. The maximum atomic E-state index is 13.7. The van der Waals surface area contributed by atoms with Crippen LogP contribution in [-0.4, -0.2) is 4.98 Å². The lowest BCUT2D eigenvalue weighted by Crippen LogP contribution is -1.98. The van der Waals surface area contributed by atoms with Gasteiger partial charge < -0.3 is 5.32 Å². The first-order chi connectivity index (χ1) is 9.19. The molecule has 1 heterocycles. The summed E-state index contributed by atoms with van der Waals surface area (Å²) in [5.74, 6) is -2.17. The second kappa shape index (κ2) is 4.59. The molecular weight excluding hydrogens is 268 g/mol. The van der Waals surface area contributed by atoms with Gasteiger partial charge in [0.05, 0.1) is 16.9 Å². The third-order valence-corrected chi connectivity index (χ3v) is 4.11. The third-order valence-electron chi connectivity index (χ3n) is 3.04. The van der Waals surface area contributed by atoms with E-state index in [1.54, 1.807) is 6.07 Å². The average Bonchev–Trinajstić information content (AvgIpc) is 2.96. The fraction of sp³-hybridized carbons (Fsp3) is 0.231. The predicted octanol–water partition coefficient (Wildman–Crippen LogP) is 3.53. The zero-order chi connectivity index (χ0) is 13.4. The summed E-state index contributed by atoms with van der Waals surface area (Å²) in [5.41, 5.74) is 0.746. The van der Waals surface area contributed by atoms with Crippen LogP contribution < -0.4 is 5.32 Å². The van der Waals surface area contributed by atoms with Crippen molar-refractivity contribution < 1.29 is 8.78 Å². The summed E-state index contributed by atoms with van der Waals surface area (Å²) in [4.78, 5) is 5.56. The number of aryl methyl sites for hydroxylation is 2. The van der Waals surface area contributed by atoms with Gasteiger partial charge >= 0.3 is 0 Å². The van der Waals surface area contributed by atoms with Crippen LogP contribution in [0.2, 0.25) is 0 Å². The van der Waals surface area contributed by atoms with Crippen LogP contribution >= 0.6 is 11.3 Å². The number of hydrogen-bond donors (Lipinski definition) is 1. The highest BCUT2D eigenvalue weighted by molar-refractivity contribution is 7.15. The summed E-state index contributed by atoms with van der Waals surface area (Å²) in [6.45, 7) is 0. The van der Waals surface area contributed by atoms with Crippen molar-refractivity contribution in [3.05, 3.63) is 39.9 Å². The van der Waals surface area contributed by atoms with Crippen molar-refractivity contribution in [1.29, 1.82) is 5.26 Å². The Morgan fingerprint density at radius 3 is 2.84 bits per heavy atom. The van der Waals surface area contributed by atoms with Crippen molar-refractivity contribution in [2.24, 2.45) is 0 Å². The van der Waals surface area contributed by atoms with E-state index in [4.69, 9.17) is 5.26 Å². The minimum atomic E-state index is -1.13. The first-order valence-electron chi connectivity index (χ1n) is 5.82. The Morgan fingerprint density at radius 2 is 2.11 bits per heavy atom. The summed E-state index contributed by atoms with van der Waals surface area (Å²) in [7, 11) is 0. The van der Waals surface area contributed by atoms with Gasteiger partial charge in [-0.05, 0) is 31.4 Å². The van der Waals surface area contributed by atoms with Crippen molar-refractivity contribution in [2.75, 3.05) is 5.32 Å². The summed E-state index contributed by atoms with van der Waals surface area (Å²) in [6.07, 6.45) is 3.05. The van der Waals surface area contributed by atoms with Gasteiger partial charge in [0.25, 0.3) is 0 Å². The van der Waals surface area contributed by atoms with Crippen molar-refractivity contribution in [2.45, 2.75) is 19.3 Å². The van der Waals surface area contributed by atoms with Gasteiger partial charge in [-0.1, -0.05) is 0 Å². The number of anilines is 2. The highest BCUT2D eigenvalue weighted by Crippen LogP contribution is 2.33. The third kappa shape index (κ3) is 2.06. The van der Waals surface area contributed by atoms with E-state index in [1.165, 1.54) is 28.3 Å². The van der Waals surface area contributed by atoms with Crippen LogP contribution in [0.1, 0.15) is 22.6 Å². The van der Waals surface area contributed by atoms with Gasteiger partial charge in [0.2, 0.25) is 0 Å². The Balaban J connectivity index is 1.91. The van der Waals surface area contributed by atoms with Crippen LogP contribution in [0.15, 0.2) is 12.1 Å². The number of rotatable bonds is 2. The van der Waals surface area contributed by atoms with Gasteiger partial charge in [0, 0.05) is 4.88 Å². The molecule has 19 heavy (non-hydrogen) atoms. The molecule has 0 aliphatic heterocycles. The van der Waals surface area contributed by atoms with Crippen LogP contribution in [0, 0.1) is 23.0 Å². The molecule has 0 fully saturated rings. The summed E-state index contributed by atoms with van der Waals surface area (Å²) in [6, 6.07) is 4.21. The zero-order valence-electron chi connectivity index (χ0n) is 9.83. The van der Waals surface area contributed by atoms with Crippen molar-refractivity contribution >= 4 is 22.2 Å². The van der Waals surface area contributed by atoms with E-state index in [-0.39, 0.29) is 11.3 Å². The fourth-order valence-electron chi connectivity index (χ4n) is 2.09. The number of nitrogens with zero attached hydrogens (tertiary/aromatic N) is 2. The number of halogens is 2.